The third kappa shape index (κ3) is 3.96. The van der Waals surface area contributed by atoms with Crippen molar-refractivity contribution in [1.29, 1.82) is 0 Å². The van der Waals surface area contributed by atoms with Crippen LogP contribution in [0.4, 0.5) is 4.39 Å². The number of aromatic nitrogens is 2. The number of imidazole rings is 1. The van der Waals surface area contributed by atoms with Crippen molar-refractivity contribution in [3.63, 3.8) is 0 Å². The Morgan fingerprint density at radius 2 is 2.12 bits per heavy atom. The predicted molar refractivity (Wildman–Crippen MR) is 99.9 cm³/mol. The van der Waals surface area contributed by atoms with E-state index in [1.54, 1.807) is 12.1 Å². The topological polar surface area (TPSA) is 32.6 Å². The lowest BCUT2D eigenvalue weighted by molar-refractivity contribution is 0.152. The first-order chi connectivity index (χ1) is 11.7. The fraction of sp³-hybridized carbons (Fsp3) is 0.278. The van der Waals surface area contributed by atoms with E-state index in [-0.39, 0.29) is 24.3 Å². The Labute approximate surface area is 157 Å². The molecule has 2 aromatic heterocycles. The Bertz CT molecular complexity index is 867. The number of rotatable bonds is 3. The van der Waals surface area contributed by atoms with Gasteiger partial charge in [-0.15, -0.1) is 12.4 Å². The van der Waals surface area contributed by atoms with Gasteiger partial charge in [-0.05, 0) is 29.8 Å². The summed E-state index contributed by atoms with van der Waals surface area (Å²) in [4.78, 5) is 7.00. The first kappa shape index (κ1) is 18.1. The van der Waals surface area contributed by atoms with Crippen molar-refractivity contribution in [2.75, 3.05) is 19.6 Å². The number of pyridine rings is 1. The minimum atomic E-state index is -0.194. The van der Waals surface area contributed by atoms with Crippen molar-refractivity contribution < 1.29 is 4.39 Å². The third-order valence-electron chi connectivity index (χ3n) is 4.42. The van der Waals surface area contributed by atoms with Gasteiger partial charge >= 0.3 is 0 Å². The Balaban J connectivity index is 0.00000182. The van der Waals surface area contributed by atoms with Gasteiger partial charge in [0, 0.05) is 44.6 Å². The molecule has 1 fully saturated rings. The van der Waals surface area contributed by atoms with Gasteiger partial charge in [0.05, 0.1) is 10.7 Å². The Morgan fingerprint density at radius 3 is 2.96 bits per heavy atom. The standard InChI is InChI=1S/C18H18ClFN4.ClH/c19-14-4-5-18-22-16(12-24(18)10-14)11-23-7-6-21-9-17(23)13-2-1-3-15(20)8-13;/h1-5,8,10,12,17,21H,6-7,9,11H2;1H. The maximum atomic E-state index is 13.6. The van der Waals surface area contributed by atoms with E-state index in [0.29, 0.717) is 5.02 Å². The average Bonchev–Trinajstić information content (AvgIpc) is 2.96. The zero-order chi connectivity index (χ0) is 16.5. The zero-order valence-electron chi connectivity index (χ0n) is 13.5. The summed E-state index contributed by atoms with van der Waals surface area (Å²) >= 11 is 6.04. The Kier molecular flexibility index (Phi) is 5.59. The largest absolute Gasteiger partial charge is 0.314 e. The maximum Gasteiger partial charge on any atom is 0.137 e. The smallest absolute Gasteiger partial charge is 0.137 e. The van der Waals surface area contributed by atoms with Crippen molar-refractivity contribution in [2.24, 2.45) is 0 Å². The summed E-state index contributed by atoms with van der Waals surface area (Å²) < 4.78 is 15.5. The monoisotopic (exact) mass is 380 g/mol. The van der Waals surface area contributed by atoms with Crippen molar-refractivity contribution in [1.82, 2.24) is 19.6 Å². The summed E-state index contributed by atoms with van der Waals surface area (Å²) in [5.41, 5.74) is 2.86. The summed E-state index contributed by atoms with van der Waals surface area (Å²) in [6.45, 7) is 3.35. The van der Waals surface area contributed by atoms with Crippen LogP contribution in [0.1, 0.15) is 17.3 Å². The molecule has 0 spiro atoms. The third-order valence-corrected chi connectivity index (χ3v) is 4.64. The molecule has 1 aliphatic heterocycles. The van der Waals surface area contributed by atoms with E-state index < -0.39 is 0 Å². The van der Waals surface area contributed by atoms with E-state index >= 15 is 0 Å². The molecular formula is C18H19Cl2FN4. The maximum absolute atomic E-state index is 13.6. The quantitative estimate of drug-likeness (QED) is 0.751. The molecule has 1 atom stereocenters. The molecule has 132 valence electrons. The van der Waals surface area contributed by atoms with Gasteiger partial charge in [-0.1, -0.05) is 23.7 Å². The van der Waals surface area contributed by atoms with Crippen LogP contribution in [0.2, 0.25) is 5.02 Å². The number of nitrogens with zero attached hydrogens (tertiary/aromatic N) is 3. The van der Waals surface area contributed by atoms with Crippen LogP contribution >= 0.6 is 24.0 Å². The van der Waals surface area contributed by atoms with Crippen molar-refractivity contribution >= 4 is 29.7 Å². The number of benzene rings is 1. The lowest BCUT2D eigenvalue weighted by Crippen LogP contribution is -2.45. The van der Waals surface area contributed by atoms with Crippen LogP contribution in [-0.4, -0.2) is 33.9 Å². The molecule has 1 aliphatic rings. The second kappa shape index (κ2) is 7.70. The highest BCUT2D eigenvalue weighted by Crippen LogP contribution is 2.25. The van der Waals surface area contributed by atoms with Crippen LogP contribution in [0.15, 0.2) is 48.8 Å². The predicted octanol–water partition coefficient (Wildman–Crippen LogP) is 3.70. The second-order valence-electron chi connectivity index (χ2n) is 6.09. The highest BCUT2D eigenvalue weighted by molar-refractivity contribution is 6.30. The highest BCUT2D eigenvalue weighted by atomic mass is 35.5. The lowest BCUT2D eigenvalue weighted by Gasteiger charge is -2.36. The van der Waals surface area contributed by atoms with Gasteiger partial charge < -0.3 is 9.72 Å². The van der Waals surface area contributed by atoms with E-state index in [9.17, 15) is 4.39 Å². The van der Waals surface area contributed by atoms with Crippen LogP contribution in [-0.2, 0) is 6.54 Å². The zero-order valence-corrected chi connectivity index (χ0v) is 15.1. The lowest BCUT2D eigenvalue weighted by atomic mass is 10.0. The molecule has 0 bridgehead atoms. The van der Waals surface area contributed by atoms with Crippen molar-refractivity contribution in [3.05, 3.63) is 70.9 Å². The second-order valence-corrected chi connectivity index (χ2v) is 6.53. The van der Waals surface area contributed by atoms with Gasteiger partial charge in [0.25, 0.3) is 0 Å². The molecule has 1 unspecified atom stereocenters. The minimum absolute atomic E-state index is 0. The summed E-state index contributed by atoms with van der Waals surface area (Å²) in [5.74, 6) is -0.194. The number of halogens is 3. The molecule has 25 heavy (non-hydrogen) atoms. The minimum Gasteiger partial charge on any atom is -0.314 e. The first-order valence-electron chi connectivity index (χ1n) is 8.02. The van der Waals surface area contributed by atoms with E-state index in [4.69, 9.17) is 11.6 Å². The number of hydrogen-bond donors (Lipinski definition) is 1. The number of nitrogens with one attached hydrogen (secondary N) is 1. The van der Waals surface area contributed by atoms with E-state index in [1.807, 2.05) is 35.0 Å². The molecule has 0 amide bonds. The van der Waals surface area contributed by atoms with Crippen molar-refractivity contribution in [3.8, 4) is 0 Å². The molecule has 4 nitrogen and oxygen atoms in total. The molecular weight excluding hydrogens is 362 g/mol. The van der Waals surface area contributed by atoms with E-state index in [1.165, 1.54) is 6.07 Å². The number of piperazine rings is 1. The van der Waals surface area contributed by atoms with Crippen LogP contribution < -0.4 is 5.32 Å². The number of hydrogen-bond acceptors (Lipinski definition) is 3. The SMILES string of the molecule is Cl.Fc1cccc(C2CNCCN2Cc2cn3cc(Cl)ccc3n2)c1. The summed E-state index contributed by atoms with van der Waals surface area (Å²) in [5, 5.41) is 4.08. The summed E-state index contributed by atoms with van der Waals surface area (Å²) in [6, 6.07) is 10.7. The van der Waals surface area contributed by atoms with E-state index in [2.05, 4.69) is 15.2 Å². The van der Waals surface area contributed by atoms with Gasteiger partial charge in [0.2, 0.25) is 0 Å². The van der Waals surface area contributed by atoms with Crippen molar-refractivity contribution in [2.45, 2.75) is 12.6 Å². The molecule has 0 saturated carbocycles. The molecule has 7 heteroatoms. The fourth-order valence-electron chi connectivity index (χ4n) is 3.28. The van der Waals surface area contributed by atoms with Gasteiger partial charge in [0.15, 0.2) is 0 Å². The highest BCUT2D eigenvalue weighted by Gasteiger charge is 2.24. The number of fused-ring (bicyclic) bond motifs is 1. The average molecular weight is 381 g/mol. The molecule has 3 aromatic rings. The normalized spacial score (nSPS) is 18.2. The molecule has 1 saturated heterocycles. The summed E-state index contributed by atoms with van der Waals surface area (Å²) in [7, 11) is 0. The van der Waals surface area contributed by atoms with Crippen LogP contribution in [0.3, 0.4) is 0 Å². The molecule has 4 rings (SSSR count). The molecule has 1 aromatic carbocycles. The van der Waals surface area contributed by atoms with Gasteiger partial charge in [-0.25, -0.2) is 9.37 Å². The van der Waals surface area contributed by atoms with Crippen LogP contribution in [0.5, 0.6) is 0 Å². The fourth-order valence-corrected chi connectivity index (χ4v) is 3.45. The molecule has 0 aliphatic carbocycles. The molecule has 1 N–H and O–H groups in total. The summed E-state index contributed by atoms with van der Waals surface area (Å²) in [6.07, 6.45) is 3.86. The van der Waals surface area contributed by atoms with Gasteiger partial charge in [-0.2, -0.15) is 0 Å². The van der Waals surface area contributed by atoms with E-state index in [0.717, 1.165) is 43.1 Å². The molecule has 3 heterocycles. The van der Waals surface area contributed by atoms with Crippen LogP contribution in [0, 0.1) is 5.82 Å². The van der Waals surface area contributed by atoms with Gasteiger partial charge in [-0.3, -0.25) is 4.90 Å². The first-order valence-corrected chi connectivity index (χ1v) is 8.40. The Morgan fingerprint density at radius 1 is 1.24 bits per heavy atom. The Hall–Kier alpha value is -1.66. The molecule has 0 radical (unpaired) electrons. The van der Waals surface area contributed by atoms with Gasteiger partial charge in [0.1, 0.15) is 11.5 Å². The van der Waals surface area contributed by atoms with Crippen LogP contribution in [0.25, 0.3) is 5.65 Å².